The van der Waals surface area contributed by atoms with Crippen LogP contribution in [0.1, 0.15) is 73.1 Å². The molecule has 0 aliphatic heterocycles. The lowest BCUT2D eigenvalue weighted by Gasteiger charge is -2.42. The van der Waals surface area contributed by atoms with E-state index >= 15 is 0 Å². The summed E-state index contributed by atoms with van der Waals surface area (Å²) in [5, 5.41) is 11.2. The van der Waals surface area contributed by atoms with Crippen LogP contribution in [0, 0.1) is 0 Å². The smallest absolute Gasteiger partial charge is 0.349 e. The van der Waals surface area contributed by atoms with Gasteiger partial charge in [0.15, 0.2) is 0 Å². The number of rotatable bonds is 5. The summed E-state index contributed by atoms with van der Waals surface area (Å²) in [6.07, 6.45) is 1.87. The lowest BCUT2D eigenvalue weighted by molar-refractivity contribution is -0.147. The van der Waals surface area contributed by atoms with E-state index in [1.54, 1.807) is 6.07 Å². The Kier molecular flexibility index (Phi) is 5.48. The summed E-state index contributed by atoms with van der Waals surface area (Å²) in [6, 6.07) is 10.3. The SMILES string of the molecule is CC1(C)CCC(C)(C)c2cc(C(F)(F)C(=O)NCc3ccc(C(=O)O)cc3)ccc21. The summed E-state index contributed by atoms with van der Waals surface area (Å²) in [5.74, 6) is -6.12. The fraction of sp³-hybridized carbons (Fsp3) is 0.417. The molecule has 4 nitrogen and oxygen atoms in total. The molecule has 0 saturated heterocycles. The van der Waals surface area contributed by atoms with Crippen molar-refractivity contribution in [1.29, 1.82) is 0 Å². The van der Waals surface area contributed by atoms with Crippen LogP contribution in [0.25, 0.3) is 0 Å². The van der Waals surface area contributed by atoms with Crippen molar-refractivity contribution in [2.75, 3.05) is 0 Å². The molecule has 0 radical (unpaired) electrons. The molecule has 0 heterocycles. The van der Waals surface area contributed by atoms with Gasteiger partial charge in [0.05, 0.1) is 5.56 Å². The molecule has 30 heavy (non-hydrogen) atoms. The van der Waals surface area contributed by atoms with Gasteiger partial charge in [0.2, 0.25) is 0 Å². The number of hydrogen-bond acceptors (Lipinski definition) is 2. The van der Waals surface area contributed by atoms with Crippen LogP contribution in [0.4, 0.5) is 8.78 Å². The zero-order chi connectivity index (χ0) is 22.3. The third kappa shape index (κ3) is 4.09. The molecular formula is C24H27F2NO3. The van der Waals surface area contributed by atoms with Gasteiger partial charge in [0.25, 0.3) is 5.91 Å². The molecule has 1 aliphatic carbocycles. The van der Waals surface area contributed by atoms with Gasteiger partial charge in [0.1, 0.15) is 0 Å². The number of carboxylic acid groups (broad SMARTS) is 1. The van der Waals surface area contributed by atoms with E-state index in [-0.39, 0.29) is 28.5 Å². The van der Waals surface area contributed by atoms with Crippen LogP contribution in [0.5, 0.6) is 0 Å². The third-order valence-corrected chi connectivity index (χ3v) is 6.15. The van der Waals surface area contributed by atoms with Crippen molar-refractivity contribution in [3.63, 3.8) is 0 Å². The van der Waals surface area contributed by atoms with E-state index in [2.05, 4.69) is 19.2 Å². The maximum atomic E-state index is 14.9. The Morgan fingerprint density at radius 2 is 1.53 bits per heavy atom. The fourth-order valence-corrected chi connectivity index (χ4v) is 3.97. The van der Waals surface area contributed by atoms with Crippen LogP contribution in [0.2, 0.25) is 0 Å². The van der Waals surface area contributed by atoms with Gasteiger partial charge in [-0.15, -0.1) is 0 Å². The lowest BCUT2D eigenvalue weighted by Crippen LogP contribution is -2.39. The summed E-state index contributed by atoms with van der Waals surface area (Å²) in [6.45, 7) is 8.20. The number of fused-ring (bicyclic) bond motifs is 1. The quantitative estimate of drug-likeness (QED) is 0.710. The van der Waals surface area contributed by atoms with Crippen LogP contribution in [-0.2, 0) is 28.1 Å². The molecule has 0 aromatic heterocycles. The third-order valence-electron chi connectivity index (χ3n) is 6.15. The van der Waals surface area contributed by atoms with E-state index < -0.39 is 17.8 Å². The second-order valence-corrected chi connectivity index (χ2v) is 9.29. The topological polar surface area (TPSA) is 66.4 Å². The number of carbonyl (C=O) groups is 2. The molecule has 0 unspecified atom stereocenters. The molecular weight excluding hydrogens is 388 g/mol. The summed E-state index contributed by atoms with van der Waals surface area (Å²) in [4.78, 5) is 23.2. The molecule has 0 fully saturated rings. The number of carboxylic acids is 1. The molecule has 2 aromatic carbocycles. The summed E-state index contributed by atoms with van der Waals surface area (Å²) >= 11 is 0. The minimum atomic E-state index is -3.67. The number of carbonyl (C=O) groups excluding carboxylic acids is 1. The Morgan fingerprint density at radius 1 is 0.967 bits per heavy atom. The number of benzene rings is 2. The summed E-state index contributed by atoms with van der Waals surface area (Å²) in [5.41, 5.74) is 1.91. The second-order valence-electron chi connectivity index (χ2n) is 9.29. The number of halogens is 2. The van der Waals surface area contributed by atoms with Crippen LogP contribution in [0.3, 0.4) is 0 Å². The molecule has 2 aromatic rings. The first-order valence-corrected chi connectivity index (χ1v) is 9.98. The van der Waals surface area contributed by atoms with Gasteiger partial charge >= 0.3 is 11.9 Å². The first-order valence-electron chi connectivity index (χ1n) is 9.98. The fourth-order valence-electron chi connectivity index (χ4n) is 3.97. The number of amides is 1. The maximum Gasteiger partial charge on any atom is 0.349 e. The van der Waals surface area contributed by atoms with Crippen molar-refractivity contribution in [1.82, 2.24) is 5.32 Å². The highest BCUT2D eigenvalue weighted by molar-refractivity contribution is 5.87. The van der Waals surface area contributed by atoms with E-state index in [1.165, 1.54) is 36.4 Å². The Bertz CT molecular complexity index is 978. The first-order chi connectivity index (χ1) is 13.8. The van der Waals surface area contributed by atoms with Crippen LogP contribution in [0.15, 0.2) is 42.5 Å². The number of alkyl halides is 2. The van der Waals surface area contributed by atoms with Crippen molar-refractivity contribution < 1.29 is 23.5 Å². The molecule has 0 spiro atoms. The van der Waals surface area contributed by atoms with Crippen LogP contribution < -0.4 is 5.32 Å². The Morgan fingerprint density at radius 3 is 2.10 bits per heavy atom. The highest BCUT2D eigenvalue weighted by atomic mass is 19.3. The van der Waals surface area contributed by atoms with Gasteiger partial charge < -0.3 is 10.4 Å². The van der Waals surface area contributed by atoms with Gasteiger partial charge in [-0.2, -0.15) is 8.78 Å². The highest BCUT2D eigenvalue weighted by Gasteiger charge is 2.43. The predicted molar refractivity (Wildman–Crippen MR) is 111 cm³/mol. The highest BCUT2D eigenvalue weighted by Crippen LogP contribution is 2.47. The van der Waals surface area contributed by atoms with Crippen molar-refractivity contribution in [3.8, 4) is 0 Å². The molecule has 1 aliphatic rings. The van der Waals surface area contributed by atoms with Crippen LogP contribution in [-0.4, -0.2) is 17.0 Å². The van der Waals surface area contributed by atoms with Gasteiger partial charge in [0, 0.05) is 12.1 Å². The normalized spacial score (nSPS) is 17.1. The maximum absolute atomic E-state index is 14.9. The summed E-state index contributed by atoms with van der Waals surface area (Å²) < 4.78 is 29.9. The van der Waals surface area contributed by atoms with Gasteiger partial charge in [-0.1, -0.05) is 52.0 Å². The Labute approximate surface area is 175 Å². The van der Waals surface area contributed by atoms with E-state index in [1.807, 2.05) is 13.8 Å². The first kappa shape index (κ1) is 21.9. The van der Waals surface area contributed by atoms with E-state index in [4.69, 9.17) is 5.11 Å². The van der Waals surface area contributed by atoms with Crippen molar-refractivity contribution in [3.05, 3.63) is 70.3 Å². The molecule has 6 heteroatoms. The second kappa shape index (κ2) is 7.49. The molecule has 2 N–H and O–H groups in total. The molecule has 3 rings (SSSR count). The number of nitrogens with one attached hydrogen (secondary N) is 1. The molecule has 160 valence electrons. The average molecular weight is 415 g/mol. The van der Waals surface area contributed by atoms with Crippen molar-refractivity contribution in [2.45, 2.75) is 63.8 Å². The monoisotopic (exact) mass is 415 g/mol. The zero-order valence-electron chi connectivity index (χ0n) is 17.7. The van der Waals surface area contributed by atoms with Crippen LogP contribution >= 0.6 is 0 Å². The molecule has 0 bridgehead atoms. The lowest BCUT2D eigenvalue weighted by atomic mass is 9.63. The minimum Gasteiger partial charge on any atom is -0.478 e. The standard InChI is InChI=1S/C24H27F2NO3/c1-22(2)11-12-23(3,4)19-13-17(9-10-18(19)22)24(25,26)21(30)27-14-15-5-7-16(8-6-15)20(28)29/h5-10,13H,11-12,14H2,1-4H3,(H,27,30)(H,28,29). The van der Waals surface area contributed by atoms with Gasteiger partial charge in [-0.3, -0.25) is 4.79 Å². The Balaban J connectivity index is 1.81. The van der Waals surface area contributed by atoms with Crippen molar-refractivity contribution in [2.24, 2.45) is 0 Å². The average Bonchev–Trinajstić information content (AvgIpc) is 2.69. The summed E-state index contributed by atoms with van der Waals surface area (Å²) in [7, 11) is 0. The number of hydrogen-bond donors (Lipinski definition) is 2. The molecule has 0 saturated carbocycles. The van der Waals surface area contributed by atoms with Crippen molar-refractivity contribution >= 4 is 11.9 Å². The largest absolute Gasteiger partial charge is 0.478 e. The predicted octanol–water partition coefficient (Wildman–Crippen LogP) is 5.14. The van der Waals surface area contributed by atoms with E-state index in [9.17, 15) is 18.4 Å². The molecule has 0 atom stereocenters. The van der Waals surface area contributed by atoms with Gasteiger partial charge in [-0.05, 0) is 58.6 Å². The minimum absolute atomic E-state index is 0.0926. The van der Waals surface area contributed by atoms with E-state index in [0.717, 1.165) is 24.0 Å². The van der Waals surface area contributed by atoms with E-state index in [0.29, 0.717) is 5.56 Å². The van der Waals surface area contributed by atoms with Gasteiger partial charge in [-0.25, -0.2) is 4.79 Å². The Hall–Kier alpha value is -2.76. The molecule has 1 amide bonds. The number of aromatic carboxylic acids is 1. The zero-order valence-corrected chi connectivity index (χ0v) is 17.7.